The Bertz CT molecular complexity index is 311. The van der Waals surface area contributed by atoms with Gasteiger partial charge in [0.25, 0.3) is 0 Å². The van der Waals surface area contributed by atoms with Gasteiger partial charge in [-0.05, 0) is 17.7 Å². The van der Waals surface area contributed by atoms with Crippen molar-refractivity contribution in [3.05, 3.63) is 35.9 Å². The maximum atomic E-state index is 7.63. The summed E-state index contributed by atoms with van der Waals surface area (Å²) in [7, 11) is 0. The molecule has 0 aliphatic rings. The van der Waals surface area contributed by atoms with E-state index in [4.69, 9.17) is 11.1 Å². The molecule has 0 saturated carbocycles. The SMILES string of the molecule is CCCCSCC(C(=N)N)c1ccccc1. The Hall–Kier alpha value is -0.960. The lowest BCUT2D eigenvalue weighted by atomic mass is 10.0. The number of nitrogens with one attached hydrogen (secondary N) is 1. The zero-order chi connectivity index (χ0) is 11.8. The summed E-state index contributed by atoms with van der Waals surface area (Å²) < 4.78 is 0. The first-order valence-corrected chi connectivity index (χ1v) is 6.87. The Labute approximate surface area is 102 Å². The van der Waals surface area contributed by atoms with Crippen molar-refractivity contribution in [2.45, 2.75) is 25.7 Å². The average molecular weight is 236 g/mol. The molecule has 0 aliphatic carbocycles. The highest BCUT2D eigenvalue weighted by Gasteiger charge is 2.13. The van der Waals surface area contributed by atoms with Gasteiger partial charge in [-0.2, -0.15) is 11.8 Å². The summed E-state index contributed by atoms with van der Waals surface area (Å²) in [6, 6.07) is 10.1. The minimum Gasteiger partial charge on any atom is -0.387 e. The van der Waals surface area contributed by atoms with Crippen molar-refractivity contribution in [1.82, 2.24) is 0 Å². The van der Waals surface area contributed by atoms with E-state index >= 15 is 0 Å². The number of hydrogen-bond acceptors (Lipinski definition) is 2. The Balaban J connectivity index is 2.52. The molecule has 1 unspecified atom stereocenters. The van der Waals surface area contributed by atoms with Gasteiger partial charge in [0.15, 0.2) is 0 Å². The third kappa shape index (κ3) is 4.27. The number of benzene rings is 1. The molecule has 0 aliphatic heterocycles. The maximum Gasteiger partial charge on any atom is 0.0990 e. The van der Waals surface area contributed by atoms with Crippen molar-refractivity contribution >= 4 is 17.6 Å². The molecule has 3 heteroatoms. The number of amidine groups is 1. The normalized spacial score (nSPS) is 12.3. The van der Waals surface area contributed by atoms with Crippen molar-refractivity contribution in [2.75, 3.05) is 11.5 Å². The highest BCUT2D eigenvalue weighted by molar-refractivity contribution is 7.99. The molecule has 88 valence electrons. The molecule has 3 N–H and O–H groups in total. The van der Waals surface area contributed by atoms with Gasteiger partial charge in [0.05, 0.1) is 5.84 Å². The topological polar surface area (TPSA) is 49.9 Å². The third-order valence-corrected chi connectivity index (χ3v) is 3.65. The summed E-state index contributed by atoms with van der Waals surface area (Å²) in [5, 5.41) is 7.63. The smallest absolute Gasteiger partial charge is 0.0990 e. The minimum atomic E-state index is 0.0723. The maximum absolute atomic E-state index is 7.63. The second kappa shape index (κ2) is 7.34. The van der Waals surface area contributed by atoms with E-state index in [2.05, 4.69) is 6.92 Å². The van der Waals surface area contributed by atoms with Gasteiger partial charge in [-0.1, -0.05) is 43.7 Å². The quantitative estimate of drug-likeness (QED) is 0.434. The molecule has 0 saturated heterocycles. The fourth-order valence-corrected chi connectivity index (χ4v) is 2.77. The van der Waals surface area contributed by atoms with E-state index in [1.807, 2.05) is 42.1 Å². The van der Waals surface area contributed by atoms with Gasteiger partial charge in [-0.3, -0.25) is 5.41 Å². The number of nitrogens with two attached hydrogens (primary N) is 1. The van der Waals surface area contributed by atoms with Crippen molar-refractivity contribution in [3.63, 3.8) is 0 Å². The van der Waals surface area contributed by atoms with Gasteiger partial charge in [0, 0.05) is 11.7 Å². The fraction of sp³-hybridized carbons (Fsp3) is 0.462. The molecular weight excluding hydrogens is 216 g/mol. The summed E-state index contributed by atoms with van der Waals surface area (Å²) in [5.41, 5.74) is 6.81. The third-order valence-electron chi connectivity index (χ3n) is 2.50. The van der Waals surface area contributed by atoms with Crippen molar-refractivity contribution < 1.29 is 0 Å². The molecule has 0 bridgehead atoms. The predicted octanol–water partition coefficient (Wildman–Crippen LogP) is 3.24. The molecule has 0 spiro atoms. The minimum absolute atomic E-state index is 0.0723. The van der Waals surface area contributed by atoms with Gasteiger partial charge >= 0.3 is 0 Å². The lowest BCUT2D eigenvalue weighted by molar-refractivity contribution is 0.893. The number of thioether (sulfide) groups is 1. The zero-order valence-corrected chi connectivity index (χ0v) is 10.6. The van der Waals surface area contributed by atoms with Gasteiger partial charge in [-0.15, -0.1) is 0 Å². The van der Waals surface area contributed by atoms with Crippen LogP contribution < -0.4 is 5.73 Å². The second-order valence-corrected chi connectivity index (χ2v) is 5.00. The number of unbranched alkanes of at least 4 members (excludes halogenated alkanes) is 1. The molecule has 16 heavy (non-hydrogen) atoms. The van der Waals surface area contributed by atoms with Crippen LogP contribution in [0.3, 0.4) is 0 Å². The van der Waals surface area contributed by atoms with Crippen LogP contribution in [0, 0.1) is 5.41 Å². The number of hydrogen-bond donors (Lipinski definition) is 2. The summed E-state index contributed by atoms with van der Waals surface area (Å²) in [4.78, 5) is 0. The lowest BCUT2D eigenvalue weighted by Crippen LogP contribution is -2.22. The van der Waals surface area contributed by atoms with E-state index in [1.54, 1.807) is 0 Å². The molecule has 0 fully saturated rings. The van der Waals surface area contributed by atoms with E-state index in [-0.39, 0.29) is 11.8 Å². The molecule has 0 aromatic heterocycles. The highest BCUT2D eigenvalue weighted by atomic mass is 32.2. The first kappa shape index (κ1) is 13.1. The molecule has 0 heterocycles. The highest BCUT2D eigenvalue weighted by Crippen LogP contribution is 2.21. The van der Waals surface area contributed by atoms with E-state index in [1.165, 1.54) is 12.8 Å². The standard InChI is InChI=1S/C13H20N2S/c1-2-3-9-16-10-12(13(14)15)11-7-5-4-6-8-11/h4-8,12H,2-3,9-10H2,1H3,(H3,14,15). The van der Waals surface area contributed by atoms with Crippen LogP contribution in [0.4, 0.5) is 0 Å². The molecule has 0 amide bonds. The largest absolute Gasteiger partial charge is 0.387 e. The van der Waals surface area contributed by atoms with Crippen LogP contribution in [0.15, 0.2) is 30.3 Å². The van der Waals surface area contributed by atoms with Gasteiger partial charge in [0.1, 0.15) is 0 Å². The molecule has 1 aromatic carbocycles. The Kier molecular flexibility index (Phi) is 6.01. The van der Waals surface area contributed by atoms with Crippen LogP contribution in [-0.2, 0) is 0 Å². The molecule has 1 aromatic rings. The fourth-order valence-electron chi connectivity index (χ4n) is 1.50. The van der Waals surface area contributed by atoms with Crippen LogP contribution in [0.2, 0.25) is 0 Å². The molecule has 1 rings (SSSR count). The monoisotopic (exact) mass is 236 g/mol. The molecule has 1 atom stereocenters. The van der Waals surface area contributed by atoms with E-state index in [9.17, 15) is 0 Å². The average Bonchev–Trinajstić information content (AvgIpc) is 2.30. The van der Waals surface area contributed by atoms with Crippen LogP contribution in [0.5, 0.6) is 0 Å². The Morgan fingerprint density at radius 1 is 1.38 bits per heavy atom. The van der Waals surface area contributed by atoms with Crippen molar-refractivity contribution in [1.29, 1.82) is 5.41 Å². The van der Waals surface area contributed by atoms with Gasteiger partial charge < -0.3 is 5.73 Å². The Morgan fingerprint density at radius 2 is 2.06 bits per heavy atom. The van der Waals surface area contributed by atoms with E-state index in [0.29, 0.717) is 0 Å². The summed E-state index contributed by atoms with van der Waals surface area (Å²) in [5.74, 6) is 2.42. The predicted molar refractivity (Wildman–Crippen MR) is 73.3 cm³/mol. The van der Waals surface area contributed by atoms with Crippen molar-refractivity contribution in [3.8, 4) is 0 Å². The van der Waals surface area contributed by atoms with E-state index in [0.717, 1.165) is 17.1 Å². The Morgan fingerprint density at radius 3 is 2.62 bits per heavy atom. The summed E-state index contributed by atoms with van der Waals surface area (Å²) in [6.45, 7) is 2.19. The van der Waals surface area contributed by atoms with Crippen molar-refractivity contribution in [2.24, 2.45) is 5.73 Å². The van der Waals surface area contributed by atoms with Gasteiger partial charge in [-0.25, -0.2) is 0 Å². The lowest BCUT2D eigenvalue weighted by Gasteiger charge is -2.15. The van der Waals surface area contributed by atoms with Crippen LogP contribution in [0.25, 0.3) is 0 Å². The van der Waals surface area contributed by atoms with Crippen LogP contribution in [-0.4, -0.2) is 17.3 Å². The first-order valence-electron chi connectivity index (χ1n) is 5.72. The van der Waals surface area contributed by atoms with E-state index < -0.39 is 0 Å². The first-order chi connectivity index (χ1) is 7.75. The molecular formula is C13H20N2S. The summed E-state index contributed by atoms with van der Waals surface area (Å²) >= 11 is 1.89. The van der Waals surface area contributed by atoms with Crippen LogP contribution >= 0.6 is 11.8 Å². The second-order valence-electron chi connectivity index (χ2n) is 3.85. The molecule has 2 nitrogen and oxygen atoms in total. The zero-order valence-electron chi connectivity index (χ0n) is 9.78. The molecule has 0 radical (unpaired) electrons. The summed E-state index contributed by atoms with van der Waals surface area (Å²) in [6.07, 6.45) is 2.47. The van der Waals surface area contributed by atoms with Gasteiger partial charge in [0.2, 0.25) is 0 Å². The number of rotatable bonds is 7. The van der Waals surface area contributed by atoms with Crippen LogP contribution in [0.1, 0.15) is 31.2 Å².